The first kappa shape index (κ1) is 17.2. The van der Waals surface area contributed by atoms with E-state index < -0.39 is 0 Å². The molecule has 1 saturated heterocycles. The van der Waals surface area contributed by atoms with Crippen LogP contribution in [0.4, 0.5) is 0 Å². The van der Waals surface area contributed by atoms with Crippen molar-refractivity contribution in [1.29, 1.82) is 0 Å². The summed E-state index contributed by atoms with van der Waals surface area (Å²) in [5.74, 6) is 1.11. The second-order valence-corrected chi connectivity index (χ2v) is 5.37. The number of hydrogen-bond donors (Lipinski definition) is 2. The molecular weight excluding hydrogens is 318 g/mol. The van der Waals surface area contributed by atoms with E-state index in [9.17, 15) is 4.79 Å². The normalized spacial score (nSPS) is 13.8. The number of ether oxygens (including phenoxy) is 1. The Labute approximate surface area is 140 Å². The van der Waals surface area contributed by atoms with Crippen LogP contribution < -0.4 is 15.4 Å². The fourth-order valence-electron chi connectivity index (χ4n) is 2.32. The fourth-order valence-corrected chi connectivity index (χ4v) is 2.32. The van der Waals surface area contributed by atoms with Crippen LogP contribution >= 0.6 is 12.4 Å². The molecule has 1 aliphatic heterocycles. The molecule has 0 unspecified atom stereocenters. The summed E-state index contributed by atoms with van der Waals surface area (Å²) in [6.07, 6.45) is 0. The molecule has 2 N–H and O–H groups in total. The molecule has 0 spiro atoms. The van der Waals surface area contributed by atoms with Gasteiger partial charge >= 0.3 is 0 Å². The third kappa shape index (κ3) is 3.62. The zero-order valence-corrected chi connectivity index (χ0v) is 13.9. The summed E-state index contributed by atoms with van der Waals surface area (Å²) >= 11 is 0. The summed E-state index contributed by atoms with van der Waals surface area (Å²) in [7, 11) is 1.62. The van der Waals surface area contributed by atoms with E-state index in [1.807, 2.05) is 31.2 Å². The maximum absolute atomic E-state index is 12.2. The van der Waals surface area contributed by atoms with Crippen molar-refractivity contribution in [1.82, 2.24) is 25.6 Å². The van der Waals surface area contributed by atoms with Crippen molar-refractivity contribution in [3.8, 4) is 11.4 Å². The van der Waals surface area contributed by atoms with Crippen LogP contribution in [0, 0.1) is 12.8 Å². The van der Waals surface area contributed by atoms with Gasteiger partial charge in [-0.1, -0.05) is 5.21 Å². The number of nitrogens with zero attached hydrogens (tertiary/aromatic N) is 3. The van der Waals surface area contributed by atoms with Crippen molar-refractivity contribution in [2.45, 2.75) is 6.92 Å². The van der Waals surface area contributed by atoms with E-state index in [0.29, 0.717) is 18.2 Å². The van der Waals surface area contributed by atoms with E-state index in [-0.39, 0.29) is 18.3 Å². The molecule has 2 aromatic rings. The molecule has 1 aliphatic rings. The lowest BCUT2D eigenvalue weighted by atomic mass is 10.0. The average molecular weight is 338 g/mol. The van der Waals surface area contributed by atoms with Gasteiger partial charge in [0.2, 0.25) is 0 Å². The molecule has 1 aromatic heterocycles. The Morgan fingerprint density at radius 3 is 2.65 bits per heavy atom. The van der Waals surface area contributed by atoms with E-state index in [0.717, 1.165) is 30.2 Å². The Morgan fingerprint density at radius 1 is 1.39 bits per heavy atom. The first-order valence-electron chi connectivity index (χ1n) is 7.24. The molecule has 0 atom stereocenters. The van der Waals surface area contributed by atoms with Crippen molar-refractivity contribution >= 4 is 18.3 Å². The number of hydrogen-bond acceptors (Lipinski definition) is 5. The Hall–Kier alpha value is -2.12. The lowest BCUT2D eigenvalue weighted by molar-refractivity contribution is 0.0936. The van der Waals surface area contributed by atoms with Gasteiger partial charge in [-0.05, 0) is 31.2 Å². The number of nitrogens with one attached hydrogen (secondary N) is 2. The molecule has 1 fully saturated rings. The third-order valence-electron chi connectivity index (χ3n) is 3.84. The first-order chi connectivity index (χ1) is 10.7. The fraction of sp³-hybridized carbons (Fsp3) is 0.400. The van der Waals surface area contributed by atoms with Crippen LogP contribution in [0.5, 0.6) is 5.75 Å². The highest BCUT2D eigenvalue weighted by molar-refractivity contribution is 5.93. The highest BCUT2D eigenvalue weighted by Crippen LogP contribution is 2.16. The number of methoxy groups -OCH3 is 1. The van der Waals surface area contributed by atoms with Gasteiger partial charge < -0.3 is 15.4 Å². The van der Waals surface area contributed by atoms with E-state index in [2.05, 4.69) is 20.9 Å². The summed E-state index contributed by atoms with van der Waals surface area (Å²) in [6, 6.07) is 7.45. The van der Waals surface area contributed by atoms with Crippen LogP contribution in [0.2, 0.25) is 0 Å². The van der Waals surface area contributed by atoms with Gasteiger partial charge in [0.05, 0.1) is 18.5 Å². The number of amides is 1. The maximum Gasteiger partial charge on any atom is 0.273 e. The summed E-state index contributed by atoms with van der Waals surface area (Å²) in [5.41, 5.74) is 1.92. The summed E-state index contributed by atoms with van der Waals surface area (Å²) in [4.78, 5) is 12.2. The molecule has 3 rings (SSSR count). The van der Waals surface area contributed by atoms with Crippen LogP contribution in [-0.2, 0) is 0 Å². The predicted octanol–water partition coefficient (Wildman–Crippen LogP) is 0.955. The Balaban J connectivity index is 0.00000192. The molecule has 1 aromatic carbocycles. The van der Waals surface area contributed by atoms with Crippen LogP contribution in [0.1, 0.15) is 16.2 Å². The standard InChI is InChI=1S/C15H19N5O2.ClH/c1-10-14(15(21)17-9-11-7-16-8-11)18-19-20(10)12-3-5-13(22-2)6-4-12;/h3-6,11,16H,7-9H2,1-2H3,(H,17,21);1H. The van der Waals surface area contributed by atoms with Crippen LogP contribution in [0.3, 0.4) is 0 Å². The van der Waals surface area contributed by atoms with Crippen molar-refractivity contribution in [3.05, 3.63) is 35.7 Å². The number of carbonyl (C=O) groups is 1. The first-order valence-corrected chi connectivity index (χ1v) is 7.24. The minimum absolute atomic E-state index is 0. The highest BCUT2D eigenvalue weighted by Gasteiger charge is 2.21. The molecule has 0 bridgehead atoms. The molecule has 2 heterocycles. The van der Waals surface area contributed by atoms with Crippen LogP contribution in [0.15, 0.2) is 24.3 Å². The number of benzene rings is 1. The molecule has 7 nitrogen and oxygen atoms in total. The lowest BCUT2D eigenvalue weighted by Gasteiger charge is -2.26. The van der Waals surface area contributed by atoms with Crippen molar-refractivity contribution in [2.24, 2.45) is 5.92 Å². The number of rotatable bonds is 5. The zero-order chi connectivity index (χ0) is 15.5. The minimum Gasteiger partial charge on any atom is -0.497 e. The smallest absolute Gasteiger partial charge is 0.273 e. The molecule has 8 heteroatoms. The number of halogens is 1. The third-order valence-corrected chi connectivity index (χ3v) is 3.84. The monoisotopic (exact) mass is 337 g/mol. The molecule has 1 amide bonds. The largest absolute Gasteiger partial charge is 0.497 e. The zero-order valence-electron chi connectivity index (χ0n) is 13.1. The van der Waals surface area contributed by atoms with Crippen molar-refractivity contribution in [2.75, 3.05) is 26.7 Å². The Morgan fingerprint density at radius 2 is 2.09 bits per heavy atom. The minimum atomic E-state index is -0.177. The molecule has 23 heavy (non-hydrogen) atoms. The quantitative estimate of drug-likeness (QED) is 0.849. The maximum atomic E-state index is 12.2. The number of carbonyl (C=O) groups excluding carboxylic acids is 1. The summed E-state index contributed by atoms with van der Waals surface area (Å²) < 4.78 is 6.79. The number of aromatic nitrogens is 3. The Kier molecular flexibility index (Phi) is 5.57. The predicted molar refractivity (Wildman–Crippen MR) is 88.6 cm³/mol. The highest BCUT2D eigenvalue weighted by atomic mass is 35.5. The van der Waals surface area contributed by atoms with Gasteiger partial charge in [0.25, 0.3) is 5.91 Å². The van der Waals surface area contributed by atoms with E-state index >= 15 is 0 Å². The van der Waals surface area contributed by atoms with Crippen LogP contribution in [-0.4, -0.2) is 47.6 Å². The van der Waals surface area contributed by atoms with Gasteiger partial charge in [-0.15, -0.1) is 17.5 Å². The lowest BCUT2D eigenvalue weighted by Crippen LogP contribution is -2.48. The van der Waals surface area contributed by atoms with Crippen molar-refractivity contribution in [3.63, 3.8) is 0 Å². The molecular formula is C15H20ClN5O2. The second kappa shape index (κ2) is 7.43. The Bertz CT molecular complexity index is 667. The summed E-state index contributed by atoms with van der Waals surface area (Å²) in [6.45, 7) is 4.42. The molecule has 124 valence electrons. The van der Waals surface area contributed by atoms with Gasteiger partial charge in [0.15, 0.2) is 5.69 Å². The van der Waals surface area contributed by atoms with Gasteiger partial charge in [-0.3, -0.25) is 4.79 Å². The van der Waals surface area contributed by atoms with E-state index in [1.165, 1.54) is 0 Å². The summed E-state index contributed by atoms with van der Waals surface area (Å²) in [5, 5.41) is 14.2. The topological polar surface area (TPSA) is 81.1 Å². The average Bonchev–Trinajstić information content (AvgIpc) is 2.87. The molecule has 0 aliphatic carbocycles. The molecule has 0 saturated carbocycles. The second-order valence-electron chi connectivity index (χ2n) is 5.37. The van der Waals surface area contributed by atoms with Crippen molar-refractivity contribution < 1.29 is 9.53 Å². The van der Waals surface area contributed by atoms with E-state index in [4.69, 9.17) is 4.74 Å². The molecule has 0 radical (unpaired) electrons. The van der Waals surface area contributed by atoms with E-state index in [1.54, 1.807) is 11.8 Å². The van der Waals surface area contributed by atoms with Gasteiger partial charge in [-0.25, -0.2) is 4.68 Å². The van der Waals surface area contributed by atoms with Gasteiger partial charge in [-0.2, -0.15) is 0 Å². The SMILES string of the molecule is COc1ccc(-n2nnc(C(=O)NCC3CNC3)c2C)cc1.Cl. The van der Waals surface area contributed by atoms with Gasteiger partial charge in [0.1, 0.15) is 5.75 Å². The van der Waals surface area contributed by atoms with Crippen LogP contribution in [0.25, 0.3) is 5.69 Å². The van der Waals surface area contributed by atoms with Gasteiger partial charge in [0, 0.05) is 25.6 Å².